The highest BCUT2D eigenvalue weighted by Crippen LogP contribution is 2.26. The molecule has 3 rings (SSSR count). The van der Waals surface area contributed by atoms with Gasteiger partial charge in [-0.25, -0.2) is 0 Å². The van der Waals surface area contributed by atoms with Gasteiger partial charge in [-0.1, -0.05) is 12.1 Å². The van der Waals surface area contributed by atoms with Crippen LogP contribution in [0.1, 0.15) is 23.2 Å². The Kier molecular flexibility index (Phi) is 2.76. The van der Waals surface area contributed by atoms with Gasteiger partial charge < -0.3 is 10.3 Å². The first-order valence-electron chi connectivity index (χ1n) is 5.78. The molecule has 88 valence electrons. The third kappa shape index (κ3) is 2.15. The minimum Gasteiger partial charge on any atom is -0.360 e. The van der Waals surface area contributed by atoms with Crippen LogP contribution in [0.2, 0.25) is 0 Å². The Bertz CT molecular complexity index is 572. The van der Waals surface area contributed by atoms with Crippen LogP contribution in [0.5, 0.6) is 0 Å². The summed E-state index contributed by atoms with van der Waals surface area (Å²) in [5.41, 5.74) is 1.76. The minimum absolute atomic E-state index is 0.154. The normalized spacial score (nSPS) is 15.4. The van der Waals surface area contributed by atoms with E-state index in [1.807, 2.05) is 18.2 Å². The summed E-state index contributed by atoms with van der Waals surface area (Å²) < 4.78 is 0.990. The van der Waals surface area contributed by atoms with E-state index in [-0.39, 0.29) is 5.78 Å². The average Bonchev–Trinajstić information content (AvgIpc) is 3.04. The summed E-state index contributed by atoms with van der Waals surface area (Å²) in [6.07, 6.45) is 4.20. The Balaban J connectivity index is 1.88. The van der Waals surface area contributed by atoms with Crippen LogP contribution in [-0.4, -0.2) is 23.4 Å². The standard InChI is InChI=1S/C13H13BrN2O/c14-11-3-1-2-9-10(6-16-13(9)11)12(17)7-15-8-4-5-8/h1-3,6,8,15-16H,4-5,7H2. The van der Waals surface area contributed by atoms with E-state index in [9.17, 15) is 4.79 Å². The SMILES string of the molecule is O=C(CNC1CC1)c1c[nH]c2c(Br)cccc12. The number of Topliss-reactive ketones (excluding diaryl/α,β-unsaturated/α-hetero) is 1. The van der Waals surface area contributed by atoms with Gasteiger partial charge in [0.1, 0.15) is 0 Å². The number of nitrogens with one attached hydrogen (secondary N) is 2. The number of benzene rings is 1. The number of halogens is 1. The molecule has 0 atom stereocenters. The number of carbonyl (C=O) groups is 1. The van der Waals surface area contributed by atoms with Crippen LogP contribution in [0.4, 0.5) is 0 Å². The largest absolute Gasteiger partial charge is 0.360 e. The molecule has 3 nitrogen and oxygen atoms in total. The third-order valence-corrected chi connectivity index (χ3v) is 3.75. The van der Waals surface area contributed by atoms with E-state index < -0.39 is 0 Å². The van der Waals surface area contributed by atoms with Gasteiger partial charge in [-0.3, -0.25) is 4.79 Å². The first-order chi connectivity index (χ1) is 8.25. The van der Waals surface area contributed by atoms with Gasteiger partial charge in [-0.15, -0.1) is 0 Å². The van der Waals surface area contributed by atoms with Crippen molar-refractivity contribution in [3.8, 4) is 0 Å². The zero-order valence-electron chi connectivity index (χ0n) is 9.29. The van der Waals surface area contributed by atoms with Crippen molar-refractivity contribution in [2.45, 2.75) is 18.9 Å². The number of rotatable bonds is 4. The fourth-order valence-corrected chi connectivity index (χ4v) is 2.45. The van der Waals surface area contributed by atoms with Crippen molar-refractivity contribution >= 4 is 32.6 Å². The Morgan fingerprint density at radius 2 is 2.29 bits per heavy atom. The number of hydrogen-bond donors (Lipinski definition) is 2. The Morgan fingerprint density at radius 3 is 3.06 bits per heavy atom. The molecule has 2 N–H and O–H groups in total. The summed E-state index contributed by atoms with van der Waals surface area (Å²) >= 11 is 3.47. The van der Waals surface area contributed by atoms with Gasteiger partial charge >= 0.3 is 0 Å². The highest BCUT2D eigenvalue weighted by molar-refractivity contribution is 9.10. The van der Waals surface area contributed by atoms with Crippen LogP contribution >= 0.6 is 15.9 Å². The van der Waals surface area contributed by atoms with E-state index in [0.717, 1.165) is 20.9 Å². The van der Waals surface area contributed by atoms with Crippen LogP contribution in [0.25, 0.3) is 10.9 Å². The predicted molar refractivity (Wildman–Crippen MR) is 71.4 cm³/mol. The summed E-state index contributed by atoms with van der Waals surface area (Å²) in [5.74, 6) is 0.154. The quantitative estimate of drug-likeness (QED) is 0.851. The van der Waals surface area contributed by atoms with Gasteiger partial charge in [0.25, 0.3) is 0 Å². The summed E-state index contributed by atoms with van der Waals surface area (Å²) in [5, 5.41) is 4.24. The van der Waals surface area contributed by atoms with Gasteiger partial charge in [0.05, 0.1) is 12.1 Å². The van der Waals surface area contributed by atoms with Crippen molar-refractivity contribution in [1.82, 2.24) is 10.3 Å². The summed E-state index contributed by atoms with van der Waals surface area (Å²) in [4.78, 5) is 15.2. The zero-order valence-corrected chi connectivity index (χ0v) is 10.9. The molecule has 0 amide bonds. The fourth-order valence-electron chi connectivity index (χ4n) is 1.97. The average molecular weight is 293 g/mol. The number of aromatic amines is 1. The predicted octanol–water partition coefficient (Wildman–Crippen LogP) is 2.87. The van der Waals surface area contributed by atoms with Crippen LogP contribution in [0.3, 0.4) is 0 Å². The number of H-pyrrole nitrogens is 1. The molecule has 1 aromatic carbocycles. The number of para-hydroxylation sites is 1. The second-order valence-corrected chi connectivity index (χ2v) is 5.30. The van der Waals surface area contributed by atoms with Crippen molar-refractivity contribution in [3.63, 3.8) is 0 Å². The lowest BCUT2D eigenvalue weighted by molar-refractivity contribution is 0.0992. The Labute approximate surface area is 108 Å². The van der Waals surface area contributed by atoms with Crippen molar-refractivity contribution < 1.29 is 4.79 Å². The second kappa shape index (κ2) is 4.27. The van der Waals surface area contributed by atoms with Crippen molar-refractivity contribution in [3.05, 3.63) is 34.4 Å². The second-order valence-electron chi connectivity index (χ2n) is 4.44. The highest BCUT2D eigenvalue weighted by atomic mass is 79.9. The number of carbonyl (C=O) groups excluding carboxylic acids is 1. The van der Waals surface area contributed by atoms with E-state index in [1.54, 1.807) is 6.20 Å². The van der Waals surface area contributed by atoms with Gasteiger partial charge in [0.2, 0.25) is 0 Å². The van der Waals surface area contributed by atoms with Crippen LogP contribution in [-0.2, 0) is 0 Å². The van der Waals surface area contributed by atoms with E-state index in [4.69, 9.17) is 0 Å². The van der Waals surface area contributed by atoms with Crippen LogP contribution in [0.15, 0.2) is 28.9 Å². The van der Waals surface area contributed by atoms with Gasteiger partial charge in [0.15, 0.2) is 5.78 Å². The molecule has 0 spiro atoms. The van der Waals surface area contributed by atoms with Crippen LogP contribution in [0, 0.1) is 0 Å². The molecular weight excluding hydrogens is 280 g/mol. The first-order valence-corrected chi connectivity index (χ1v) is 6.57. The van der Waals surface area contributed by atoms with Gasteiger partial charge in [-0.2, -0.15) is 0 Å². The molecular formula is C13H13BrN2O. The topological polar surface area (TPSA) is 44.9 Å². The Morgan fingerprint density at radius 1 is 1.47 bits per heavy atom. The van der Waals surface area contributed by atoms with Gasteiger partial charge in [-0.05, 0) is 34.8 Å². The maximum Gasteiger partial charge on any atom is 0.178 e. The summed E-state index contributed by atoms with van der Waals surface area (Å²) in [7, 11) is 0. The van der Waals surface area contributed by atoms with E-state index in [2.05, 4.69) is 26.2 Å². The van der Waals surface area contributed by atoms with Gasteiger partial charge in [0, 0.05) is 27.7 Å². The van der Waals surface area contributed by atoms with Crippen molar-refractivity contribution in [2.24, 2.45) is 0 Å². The molecule has 1 aliphatic rings. The molecule has 0 aliphatic heterocycles. The van der Waals surface area contributed by atoms with Crippen LogP contribution < -0.4 is 5.32 Å². The fraction of sp³-hybridized carbons (Fsp3) is 0.308. The molecule has 1 saturated carbocycles. The number of fused-ring (bicyclic) bond motifs is 1. The molecule has 1 heterocycles. The molecule has 17 heavy (non-hydrogen) atoms. The van der Waals surface area contributed by atoms with Crippen molar-refractivity contribution in [2.75, 3.05) is 6.54 Å². The van der Waals surface area contributed by atoms with E-state index >= 15 is 0 Å². The number of ketones is 1. The summed E-state index contributed by atoms with van der Waals surface area (Å²) in [6.45, 7) is 0.435. The lowest BCUT2D eigenvalue weighted by Crippen LogP contribution is -2.24. The molecule has 1 aromatic heterocycles. The molecule has 0 unspecified atom stereocenters. The molecule has 0 bridgehead atoms. The maximum atomic E-state index is 12.1. The lowest BCUT2D eigenvalue weighted by Gasteiger charge is -2.01. The monoisotopic (exact) mass is 292 g/mol. The zero-order chi connectivity index (χ0) is 11.8. The Hall–Kier alpha value is -1.13. The molecule has 0 saturated heterocycles. The molecule has 0 radical (unpaired) electrons. The molecule has 2 aromatic rings. The number of aromatic nitrogens is 1. The minimum atomic E-state index is 0.154. The van der Waals surface area contributed by atoms with E-state index in [0.29, 0.717) is 12.6 Å². The third-order valence-electron chi connectivity index (χ3n) is 3.09. The first kappa shape index (κ1) is 11.0. The molecule has 1 fully saturated rings. The van der Waals surface area contributed by atoms with E-state index in [1.165, 1.54) is 12.8 Å². The summed E-state index contributed by atoms with van der Waals surface area (Å²) in [6, 6.07) is 6.46. The highest BCUT2D eigenvalue weighted by Gasteiger charge is 2.22. The lowest BCUT2D eigenvalue weighted by atomic mass is 10.1. The molecule has 1 aliphatic carbocycles. The molecule has 4 heteroatoms. The number of hydrogen-bond acceptors (Lipinski definition) is 2. The van der Waals surface area contributed by atoms with Crippen molar-refractivity contribution in [1.29, 1.82) is 0 Å². The maximum absolute atomic E-state index is 12.1. The smallest absolute Gasteiger partial charge is 0.178 e.